The molecular formula is C23H22N2O5. The maximum Gasteiger partial charge on any atom is 0.232 e. The summed E-state index contributed by atoms with van der Waals surface area (Å²) in [6, 6.07) is 15.1. The lowest BCUT2D eigenvalue weighted by atomic mass is 9.98. The van der Waals surface area contributed by atoms with E-state index in [1.54, 1.807) is 33.5 Å². The molecule has 3 aromatic rings. The Bertz CT molecular complexity index is 1060. The number of nitrogens with zero attached hydrogens (tertiary/aromatic N) is 2. The summed E-state index contributed by atoms with van der Waals surface area (Å²) in [6.07, 6.45) is 0. The fraction of sp³-hybridized carbons (Fsp3) is 0.217. The smallest absolute Gasteiger partial charge is 0.232 e. The molecule has 0 saturated carbocycles. The molecule has 2 aromatic carbocycles. The second-order valence-corrected chi connectivity index (χ2v) is 6.19. The summed E-state index contributed by atoms with van der Waals surface area (Å²) in [5.41, 5.74) is 3.15. The van der Waals surface area contributed by atoms with Gasteiger partial charge in [0.1, 0.15) is 17.4 Å². The van der Waals surface area contributed by atoms with Gasteiger partial charge in [0.15, 0.2) is 11.5 Å². The van der Waals surface area contributed by atoms with E-state index >= 15 is 0 Å². The van der Waals surface area contributed by atoms with Gasteiger partial charge in [0.25, 0.3) is 0 Å². The summed E-state index contributed by atoms with van der Waals surface area (Å²) in [6.45, 7) is 0. The zero-order valence-corrected chi connectivity index (χ0v) is 17.5. The van der Waals surface area contributed by atoms with Crippen molar-refractivity contribution in [2.45, 2.75) is 0 Å². The van der Waals surface area contributed by atoms with E-state index in [1.165, 1.54) is 14.2 Å². The van der Waals surface area contributed by atoms with Crippen molar-refractivity contribution in [3.05, 3.63) is 48.0 Å². The minimum Gasteiger partial charge on any atom is -0.497 e. The van der Waals surface area contributed by atoms with Crippen molar-refractivity contribution in [1.29, 1.82) is 5.26 Å². The summed E-state index contributed by atoms with van der Waals surface area (Å²) >= 11 is 0. The number of nitriles is 1. The van der Waals surface area contributed by atoms with Crippen molar-refractivity contribution in [1.82, 2.24) is 4.98 Å². The van der Waals surface area contributed by atoms with Gasteiger partial charge in [-0.25, -0.2) is 4.98 Å². The maximum absolute atomic E-state index is 9.80. The third kappa shape index (κ3) is 3.80. The number of pyridine rings is 1. The van der Waals surface area contributed by atoms with Crippen LogP contribution < -0.4 is 23.7 Å². The summed E-state index contributed by atoms with van der Waals surface area (Å²) < 4.78 is 27.0. The third-order valence-electron chi connectivity index (χ3n) is 4.65. The molecule has 3 rings (SSSR count). The minimum atomic E-state index is 0.231. The lowest BCUT2D eigenvalue weighted by molar-refractivity contribution is 0.324. The van der Waals surface area contributed by atoms with Crippen LogP contribution in [-0.4, -0.2) is 40.5 Å². The zero-order chi connectivity index (χ0) is 21.7. The van der Waals surface area contributed by atoms with Crippen LogP contribution in [-0.2, 0) is 0 Å². The van der Waals surface area contributed by atoms with Gasteiger partial charge in [0.05, 0.1) is 41.2 Å². The third-order valence-corrected chi connectivity index (χ3v) is 4.65. The Hall–Kier alpha value is -3.92. The topological polar surface area (TPSA) is 82.8 Å². The van der Waals surface area contributed by atoms with E-state index < -0.39 is 0 Å². The molecule has 7 heteroatoms. The van der Waals surface area contributed by atoms with Gasteiger partial charge >= 0.3 is 0 Å². The molecule has 0 unspecified atom stereocenters. The monoisotopic (exact) mass is 406 g/mol. The lowest BCUT2D eigenvalue weighted by Gasteiger charge is -2.16. The lowest BCUT2D eigenvalue weighted by Crippen LogP contribution is -1.99. The van der Waals surface area contributed by atoms with Crippen molar-refractivity contribution in [3.63, 3.8) is 0 Å². The first kappa shape index (κ1) is 20.8. The molecule has 7 nitrogen and oxygen atoms in total. The van der Waals surface area contributed by atoms with Crippen molar-refractivity contribution in [3.8, 4) is 57.3 Å². The number of rotatable bonds is 7. The Labute approximate surface area is 175 Å². The quantitative estimate of drug-likeness (QED) is 0.577. The van der Waals surface area contributed by atoms with Crippen LogP contribution in [0.3, 0.4) is 0 Å². The molecule has 0 saturated heterocycles. The standard InChI is InChI=1S/C23H22N2O5/c1-26-16-8-6-14(7-9-16)19-12-17(18(13-24)23(25-19)30-5)15-10-20(27-2)22(29-4)21(11-15)28-3/h6-12H,1-5H3. The highest BCUT2D eigenvalue weighted by molar-refractivity contribution is 5.80. The number of ether oxygens (including phenoxy) is 5. The number of aromatic nitrogens is 1. The van der Waals surface area contributed by atoms with E-state index in [-0.39, 0.29) is 5.88 Å². The van der Waals surface area contributed by atoms with Crippen molar-refractivity contribution >= 4 is 0 Å². The molecule has 0 aliphatic heterocycles. The fourth-order valence-electron chi connectivity index (χ4n) is 3.15. The summed E-state index contributed by atoms with van der Waals surface area (Å²) in [4.78, 5) is 4.52. The van der Waals surface area contributed by atoms with Crippen LogP contribution in [0, 0.1) is 11.3 Å². The highest BCUT2D eigenvalue weighted by Crippen LogP contribution is 2.43. The number of methoxy groups -OCH3 is 5. The van der Waals surface area contributed by atoms with Gasteiger partial charge in [-0.2, -0.15) is 5.26 Å². The Morgan fingerprint density at radius 2 is 1.37 bits per heavy atom. The van der Waals surface area contributed by atoms with E-state index in [4.69, 9.17) is 23.7 Å². The Morgan fingerprint density at radius 1 is 0.733 bits per heavy atom. The van der Waals surface area contributed by atoms with Crippen LogP contribution in [0.5, 0.6) is 28.9 Å². The molecule has 0 N–H and O–H groups in total. The molecule has 0 amide bonds. The van der Waals surface area contributed by atoms with Crippen molar-refractivity contribution in [2.24, 2.45) is 0 Å². The van der Waals surface area contributed by atoms with Crippen molar-refractivity contribution in [2.75, 3.05) is 35.5 Å². The van der Waals surface area contributed by atoms with Crippen LogP contribution in [0.25, 0.3) is 22.4 Å². The largest absolute Gasteiger partial charge is 0.497 e. The second kappa shape index (κ2) is 9.05. The molecule has 0 radical (unpaired) electrons. The molecule has 1 heterocycles. The molecule has 0 fully saturated rings. The van der Waals surface area contributed by atoms with Crippen LogP contribution in [0.15, 0.2) is 42.5 Å². The average Bonchev–Trinajstić information content (AvgIpc) is 2.81. The van der Waals surface area contributed by atoms with E-state index in [0.717, 1.165) is 11.3 Å². The normalized spacial score (nSPS) is 10.1. The van der Waals surface area contributed by atoms with E-state index in [0.29, 0.717) is 39.6 Å². The molecule has 0 atom stereocenters. The van der Waals surface area contributed by atoms with Gasteiger partial charge in [-0.1, -0.05) is 0 Å². The maximum atomic E-state index is 9.80. The Kier molecular flexibility index (Phi) is 6.28. The summed E-state index contributed by atoms with van der Waals surface area (Å²) in [5, 5.41) is 9.80. The average molecular weight is 406 g/mol. The first-order valence-corrected chi connectivity index (χ1v) is 9.04. The van der Waals surface area contributed by atoms with E-state index in [9.17, 15) is 5.26 Å². The van der Waals surface area contributed by atoms with Crippen LogP contribution in [0.1, 0.15) is 5.56 Å². The highest BCUT2D eigenvalue weighted by atomic mass is 16.5. The van der Waals surface area contributed by atoms with Crippen LogP contribution >= 0.6 is 0 Å². The molecule has 0 spiro atoms. The second-order valence-electron chi connectivity index (χ2n) is 6.19. The first-order valence-electron chi connectivity index (χ1n) is 9.04. The number of hydrogen-bond donors (Lipinski definition) is 0. The van der Waals surface area contributed by atoms with Gasteiger partial charge in [-0.05, 0) is 48.0 Å². The van der Waals surface area contributed by atoms with Gasteiger partial charge in [0.2, 0.25) is 11.6 Å². The predicted octanol–water partition coefficient (Wildman–Crippen LogP) is 4.33. The predicted molar refractivity (Wildman–Crippen MR) is 113 cm³/mol. The van der Waals surface area contributed by atoms with Gasteiger partial charge < -0.3 is 23.7 Å². The Morgan fingerprint density at radius 3 is 1.83 bits per heavy atom. The zero-order valence-electron chi connectivity index (χ0n) is 17.5. The van der Waals surface area contributed by atoms with Crippen molar-refractivity contribution < 1.29 is 23.7 Å². The number of benzene rings is 2. The molecule has 0 bridgehead atoms. The fourth-order valence-corrected chi connectivity index (χ4v) is 3.15. The van der Waals surface area contributed by atoms with Gasteiger partial charge in [-0.3, -0.25) is 0 Å². The molecule has 0 aliphatic carbocycles. The summed E-state index contributed by atoms with van der Waals surface area (Å²) in [5.74, 6) is 2.41. The van der Waals surface area contributed by atoms with E-state index in [2.05, 4.69) is 11.1 Å². The molecule has 1 aromatic heterocycles. The molecular weight excluding hydrogens is 384 g/mol. The van der Waals surface area contributed by atoms with Crippen LogP contribution in [0.4, 0.5) is 0 Å². The first-order chi connectivity index (χ1) is 14.6. The SMILES string of the molecule is COc1ccc(-c2cc(-c3cc(OC)c(OC)c(OC)c3)c(C#N)c(OC)n2)cc1. The van der Waals surface area contributed by atoms with Gasteiger partial charge in [0, 0.05) is 11.1 Å². The molecule has 0 aliphatic rings. The highest BCUT2D eigenvalue weighted by Gasteiger charge is 2.20. The summed E-state index contributed by atoms with van der Waals surface area (Å²) in [7, 11) is 7.73. The number of hydrogen-bond acceptors (Lipinski definition) is 7. The van der Waals surface area contributed by atoms with Gasteiger partial charge in [-0.15, -0.1) is 0 Å². The molecule has 30 heavy (non-hydrogen) atoms. The Balaban J connectivity index is 2.26. The molecule has 154 valence electrons. The minimum absolute atomic E-state index is 0.231. The van der Waals surface area contributed by atoms with E-state index in [1.807, 2.05) is 30.3 Å². The van der Waals surface area contributed by atoms with Crippen LogP contribution in [0.2, 0.25) is 0 Å².